The average Bonchev–Trinajstić information content (AvgIpc) is 2.20. The Morgan fingerprint density at radius 2 is 1.80 bits per heavy atom. The van der Waals surface area contributed by atoms with Crippen LogP contribution in [0.5, 0.6) is 0 Å². The van der Waals surface area contributed by atoms with Gasteiger partial charge in [0.15, 0.2) is 0 Å². The summed E-state index contributed by atoms with van der Waals surface area (Å²) in [6, 6.07) is 0.624. The fourth-order valence-corrected chi connectivity index (χ4v) is 0.987. The molecule has 51 valence electrons. The number of hydrogen-bond donors (Lipinski definition) is 0. The zero-order valence-electron chi connectivity index (χ0n) is 5.33. The fourth-order valence-electron chi connectivity index (χ4n) is 0.763. The summed E-state index contributed by atoms with van der Waals surface area (Å²) < 4.78 is 0. The van der Waals surface area contributed by atoms with E-state index in [2.05, 4.69) is 10.2 Å². The van der Waals surface area contributed by atoms with Gasteiger partial charge >= 0.3 is 0 Å². The molecule has 0 aromatic heterocycles. The summed E-state index contributed by atoms with van der Waals surface area (Å²) in [5.74, 6) is -0.438. The van der Waals surface area contributed by atoms with Gasteiger partial charge in [0, 0.05) is 28.9 Å². The summed E-state index contributed by atoms with van der Waals surface area (Å²) in [5.41, 5.74) is 0. The number of imide groups is 1. The van der Waals surface area contributed by atoms with Crippen LogP contribution in [0.2, 0.25) is 6.04 Å². The number of amides is 2. The van der Waals surface area contributed by atoms with Gasteiger partial charge in [-0.15, -0.1) is 0 Å². The zero-order valence-corrected chi connectivity index (χ0v) is 6.33. The van der Waals surface area contributed by atoms with Gasteiger partial charge in [-0.3, -0.25) is 14.5 Å². The van der Waals surface area contributed by atoms with Crippen LogP contribution >= 0.6 is 0 Å². The second-order valence-electron chi connectivity index (χ2n) is 1.91. The van der Waals surface area contributed by atoms with Crippen LogP contribution < -0.4 is 0 Å². The smallest absolute Gasteiger partial charge is 0.253 e. The maximum Gasteiger partial charge on any atom is 0.253 e. The summed E-state index contributed by atoms with van der Waals surface area (Å²) in [5, 5.41) is 0. The van der Waals surface area contributed by atoms with Crippen molar-refractivity contribution in [2.24, 2.45) is 0 Å². The lowest BCUT2D eigenvalue weighted by Crippen LogP contribution is -2.30. The Bertz CT molecular complexity index is 182. The number of carbonyl (C=O) groups excluding carboxylic acids is 2. The van der Waals surface area contributed by atoms with E-state index in [0.717, 1.165) is 0 Å². The van der Waals surface area contributed by atoms with Gasteiger partial charge in [0.25, 0.3) is 11.8 Å². The summed E-state index contributed by atoms with van der Waals surface area (Å²) in [4.78, 5) is 22.7. The highest BCUT2D eigenvalue weighted by molar-refractivity contribution is 6.14. The number of rotatable bonds is 2. The SMILES string of the molecule is O=C1C=CC(=O)N1CC[Si]. The summed E-state index contributed by atoms with van der Waals surface area (Å²) in [6.07, 6.45) is 2.56. The van der Waals surface area contributed by atoms with Crippen molar-refractivity contribution in [1.82, 2.24) is 4.90 Å². The molecule has 10 heavy (non-hydrogen) atoms. The Hall–Kier alpha value is -0.903. The van der Waals surface area contributed by atoms with E-state index >= 15 is 0 Å². The van der Waals surface area contributed by atoms with Gasteiger partial charge in [-0.2, -0.15) is 0 Å². The van der Waals surface area contributed by atoms with Gasteiger partial charge < -0.3 is 0 Å². The van der Waals surface area contributed by atoms with E-state index in [9.17, 15) is 9.59 Å². The molecule has 3 radical (unpaired) electrons. The van der Waals surface area contributed by atoms with E-state index in [1.807, 2.05) is 0 Å². The van der Waals surface area contributed by atoms with Crippen molar-refractivity contribution in [3.63, 3.8) is 0 Å². The van der Waals surface area contributed by atoms with Crippen LogP contribution in [0.15, 0.2) is 12.2 Å². The lowest BCUT2D eigenvalue weighted by atomic mass is 10.5. The largest absolute Gasteiger partial charge is 0.276 e. The van der Waals surface area contributed by atoms with Gasteiger partial charge in [-0.1, -0.05) is 0 Å². The first-order chi connectivity index (χ1) is 4.75. The lowest BCUT2D eigenvalue weighted by molar-refractivity contribution is -0.136. The molecule has 0 atom stereocenters. The third-order valence-electron chi connectivity index (χ3n) is 1.24. The van der Waals surface area contributed by atoms with E-state index in [0.29, 0.717) is 12.6 Å². The fraction of sp³-hybridized carbons (Fsp3) is 0.333. The predicted molar refractivity (Wildman–Crippen MR) is 36.4 cm³/mol. The van der Waals surface area contributed by atoms with Crippen molar-refractivity contribution in [2.75, 3.05) is 6.54 Å². The Morgan fingerprint density at radius 1 is 1.30 bits per heavy atom. The van der Waals surface area contributed by atoms with Crippen molar-refractivity contribution in [3.05, 3.63) is 12.2 Å². The molecule has 0 aromatic rings. The first-order valence-electron chi connectivity index (χ1n) is 2.94. The lowest BCUT2D eigenvalue weighted by Gasteiger charge is -2.10. The zero-order chi connectivity index (χ0) is 7.56. The molecular weight excluding hydrogens is 146 g/mol. The molecule has 0 aromatic carbocycles. The van der Waals surface area contributed by atoms with Crippen LogP contribution in [0.25, 0.3) is 0 Å². The highest BCUT2D eigenvalue weighted by Gasteiger charge is 2.21. The van der Waals surface area contributed by atoms with E-state index in [4.69, 9.17) is 0 Å². The van der Waals surface area contributed by atoms with Crippen LogP contribution in [-0.2, 0) is 9.59 Å². The molecule has 0 aliphatic carbocycles. The first-order valence-corrected chi connectivity index (χ1v) is 3.64. The quantitative estimate of drug-likeness (QED) is 0.395. The highest BCUT2D eigenvalue weighted by atomic mass is 28.1. The van der Waals surface area contributed by atoms with Crippen molar-refractivity contribution in [2.45, 2.75) is 6.04 Å². The molecule has 2 amide bonds. The third-order valence-corrected chi connectivity index (χ3v) is 1.46. The molecule has 1 aliphatic heterocycles. The molecule has 1 heterocycles. The van der Waals surface area contributed by atoms with Gasteiger partial charge in [0.05, 0.1) is 0 Å². The summed E-state index contributed by atoms with van der Waals surface area (Å²) in [6.45, 7) is 0.446. The third kappa shape index (κ3) is 1.16. The van der Waals surface area contributed by atoms with Gasteiger partial charge in [0.2, 0.25) is 0 Å². The van der Waals surface area contributed by atoms with Crippen molar-refractivity contribution >= 4 is 22.1 Å². The Labute approximate surface area is 62.1 Å². The standard InChI is InChI=1S/C6H6NO2Si/c8-5-1-2-6(9)7(5)3-4-10/h1-2H,3-4H2. The van der Waals surface area contributed by atoms with Crippen LogP contribution in [-0.4, -0.2) is 33.5 Å². The molecule has 0 unspecified atom stereocenters. The molecule has 0 fully saturated rings. The average molecular weight is 152 g/mol. The minimum Gasteiger partial charge on any atom is -0.276 e. The second-order valence-corrected chi connectivity index (χ2v) is 2.41. The van der Waals surface area contributed by atoms with Gasteiger partial charge in [-0.25, -0.2) is 0 Å². The minimum atomic E-state index is -0.219. The Balaban J connectivity index is 2.60. The maximum absolute atomic E-state index is 10.8. The summed E-state index contributed by atoms with van der Waals surface area (Å²) in [7, 11) is 3.19. The minimum absolute atomic E-state index is 0.219. The predicted octanol–water partition coefficient (Wildman–Crippen LogP) is -0.502. The van der Waals surface area contributed by atoms with Crippen LogP contribution in [0.1, 0.15) is 0 Å². The molecule has 0 N–H and O–H groups in total. The van der Waals surface area contributed by atoms with Crippen LogP contribution in [0.4, 0.5) is 0 Å². The van der Waals surface area contributed by atoms with E-state index < -0.39 is 0 Å². The molecule has 3 nitrogen and oxygen atoms in total. The number of carbonyl (C=O) groups is 2. The molecule has 0 saturated heterocycles. The molecule has 4 heteroatoms. The van der Waals surface area contributed by atoms with Gasteiger partial charge in [0.1, 0.15) is 0 Å². The highest BCUT2D eigenvalue weighted by Crippen LogP contribution is 2.02. The number of hydrogen-bond acceptors (Lipinski definition) is 2. The summed E-state index contributed by atoms with van der Waals surface area (Å²) >= 11 is 0. The van der Waals surface area contributed by atoms with E-state index in [-0.39, 0.29) is 11.8 Å². The van der Waals surface area contributed by atoms with Crippen molar-refractivity contribution < 1.29 is 9.59 Å². The normalized spacial score (nSPS) is 17.1. The van der Waals surface area contributed by atoms with E-state index in [1.54, 1.807) is 0 Å². The molecule has 0 saturated carbocycles. The topological polar surface area (TPSA) is 37.4 Å². The second kappa shape index (κ2) is 2.79. The van der Waals surface area contributed by atoms with E-state index in [1.165, 1.54) is 17.1 Å². The Kier molecular flexibility index (Phi) is 2.01. The first kappa shape index (κ1) is 7.21. The Morgan fingerprint density at radius 3 is 2.20 bits per heavy atom. The molecule has 1 aliphatic rings. The van der Waals surface area contributed by atoms with Crippen LogP contribution in [0.3, 0.4) is 0 Å². The molecule has 1 rings (SSSR count). The van der Waals surface area contributed by atoms with Crippen molar-refractivity contribution in [3.8, 4) is 0 Å². The molecule has 0 bridgehead atoms. The van der Waals surface area contributed by atoms with Crippen molar-refractivity contribution in [1.29, 1.82) is 0 Å². The van der Waals surface area contributed by atoms with Gasteiger partial charge in [-0.05, 0) is 6.04 Å². The molecular formula is C6H6NO2Si. The molecule has 0 spiro atoms. The monoisotopic (exact) mass is 152 g/mol. The maximum atomic E-state index is 10.8. The number of nitrogens with zero attached hydrogens (tertiary/aromatic N) is 1. The van der Waals surface area contributed by atoms with Crippen LogP contribution in [0, 0.1) is 0 Å².